The van der Waals surface area contributed by atoms with Gasteiger partial charge in [-0.1, -0.05) is 40.6 Å². The summed E-state index contributed by atoms with van der Waals surface area (Å²) in [6, 6.07) is 12.1. The first-order chi connectivity index (χ1) is 12.0. The lowest BCUT2D eigenvalue weighted by Crippen LogP contribution is -2.29. The summed E-state index contributed by atoms with van der Waals surface area (Å²) in [5.74, 6) is 0.666. The van der Waals surface area contributed by atoms with E-state index in [9.17, 15) is 4.79 Å². The van der Waals surface area contributed by atoms with Gasteiger partial charge in [-0.2, -0.15) is 0 Å². The monoisotopic (exact) mass is 391 g/mol. The lowest BCUT2D eigenvalue weighted by Gasteiger charge is -2.05. The SMILES string of the molecule is Cc1ccc(SCCC(=O)NNc2nc3c(C)c(Cl)ccc3s2)cc1. The van der Waals surface area contributed by atoms with Gasteiger partial charge in [0.15, 0.2) is 0 Å². The summed E-state index contributed by atoms with van der Waals surface area (Å²) in [5.41, 5.74) is 8.64. The molecule has 0 aliphatic rings. The molecule has 25 heavy (non-hydrogen) atoms. The number of nitrogens with zero attached hydrogens (tertiary/aromatic N) is 1. The van der Waals surface area contributed by atoms with Crippen LogP contribution in [0.5, 0.6) is 0 Å². The number of rotatable bonds is 6. The molecule has 0 saturated heterocycles. The van der Waals surface area contributed by atoms with Gasteiger partial charge in [-0.3, -0.25) is 15.6 Å². The van der Waals surface area contributed by atoms with Gasteiger partial charge in [-0.15, -0.1) is 11.8 Å². The van der Waals surface area contributed by atoms with Crippen LogP contribution in [0.25, 0.3) is 10.2 Å². The van der Waals surface area contributed by atoms with Crippen LogP contribution >= 0.6 is 34.7 Å². The largest absolute Gasteiger partial charge is 0.273 e. The first-order valence-electron chi connectivity index (χ1n) is 7.83. The molecule has 3 rings (SSSR count). The van der Waals surface area contributed by atoms with Gasteiger partial charge < -0.3 is 0 Å². The molecule has 0 fully saturated rings. The van der Waals surface area contributed by atoms with Gasteiger partial charge in [0.2, 0.25) is 11.0 Å². The zero-order valence-electron chi connectivity index (χ0n) is 13.9. The Hall–Kier alpha value is -1.76. The van der Waals surface area contributed by atoms with Crippen LogP contribution in [0.1, 0.15) is 17.5 Å². The number of halogens is 1. The molecule has 1 heterocycles. The molecule has 4 nitrogen and oxygen atoms in total. The van der Waals surface area contributed by atoms with Crippen molar-refractivity contribution in [1.82, 2.24) is 10.4 Å². The van der Waals surface area contributed by atoms with E-state index in [1.165, 1.54) is 21.8 Å². The number of anilines is 1. The van der Waals surface area contributed by atoms with E-state index in [1.807, 2.05) is 19.1 Å². The molecule has 0 aliphatic heterocycles. The number of amides is 1. The molecule has 130 valence electrons. The normalized spacial score (nSPS) is 10.8. The van der Waals surface area contributed by atoms with Crippen LogP contribution in [-0.4, -0.2) is 16.6 Å². The van der Waals surface area contributed by atoms with Crippen LogP contribution < -0.4 is 10.9 Å². The summed E-state index contributed by atoms with van der Waals surface area (Å²) in [7, 11) is 0. The standard InChI is InChI=1S/C18H18ClN3OS2/c1-11-3-5-13(6-4-11)24-10-9-16(23)21-22-18-20-17-12(2)14(19)7-8-15(17)25-18/h3-8H,9-10H2,1-2H3,(H,20,22)(H,21,23). The number of carbonyl (C=O) groups is 1. The van der Waals surface area contributed by atoms with Crippen molar-refractivity contribution in [2.45, 2.75) is 25.2 Å². The average Bonchev–Trinajstić information content (AvgIpc) is 3.02. The second-order valence-corrected chi connectivity index (χ2v) is 8.23. The number of hydrogen-bond donors (Lipinski definition) is 2. The predicted octanol–water partition coefficient (Wildman–Crippen LogP) is 5.19. The first kappa shape index (κ1) is 18.0. The second kappa shape index (κ2) is 8.08. The van der Waals surface area contributed by atoms with Gasteiger partial charge in [0.05, 0.1) is 10.2 Å². The Kier molecular flexibility index (Phi) is 5.83. The number of hydrazine groups is 1. The molecule has 1 amide bonds. The molecule has 0 aliphatic carbocycles. The Morgan fingerprint density at radius 1 is 1.20 bits per heavy atom. The Morgan fingerprint density at radius 3 is 2.72 bits per heavy atom. The van der Waals surface area contributed by atoms with Crippen molar-refractivity contribution in [2.75, 3.05) is 11.2 Å². The van der Waals surface area contributed by atoms with Gasteiger partial charge >= 0.3 is 0 Å². The maximum Gasteiger partial charge on any atom is 0.239 e. The number of hydrogen-bond acceptors (Lipinski definition) is 5. The summed E-state index contributed by atoms with van der Waals surface area (Å²) in [5, 5.41) is 1.35. The number of aromatic nitrogens is 1. The Bertz CT molecular complexity index is 893. The topological polar surface area (TPSA) is 54.0 Å². The molecular weight excluding hydrogens is 374 g/mol. The summed E-state index contributed by atoms with van der Waals surface area (Å²) >= 11 is 9.27. The fourth-order valence-corrected chi connectivity index (χ4v) is 4.12. The van der Waals surface area contributed by atoms with Crippen molar-refractivity contribution in [2.24, 2.45) is 0 Å². The predicted molar refractivity (Wildman–Crippen MR) is 108 cm³/mol. The maximum atomic E-state index is 12.0. The number of carbonyl (C=O) groups excluding carboxylic acids is 1. The summed E-state index contributed by atoms with van der Waals surface area (Å²) in [6.07, 6.45) is 0.432. The molecule has 0 bridgehead atoms. The van der Waals surface area contributed by atoms with Crippen molar-refractivity contribution in [3.8, 4) is 0 Å². The van der Waals surface area contributed by atoms with Crippen molar-refractivity contribution in [3.63, 3.8) is 0 Å². The zero-order valence-corrected chi connectivity index (χ0v) is 16.3. The van der Waals surface area contributed by atoms with Crippen molar-refractivity contribution >= 4 is 56.0 Å². The van der Waals surface area contributed by atoms with Gasteiger partial charge in [0.1, 0.15) is 0 Å². The van der Waals surface area contributed by atoms with Crippen molar-refractivity contribution in [3.05, 3.63) is 52.5 Å². The maximum absolute atomic E-state index is 12.0. The molecule has 2 N–H and O–H groups in total. The fraction of sp³-hybridized carbons (Fsp3) is 0.222. The van der Waals surface area contributed by atoms with E-state index in [0.717, 1.165) is 21.5 Å². The minimum absolute atomic E-state index is 0.0615. The molecule has 1 aromatic heterocycles. The van der Waals surface area contributed by atoms with Crippen LogP contribution in [0, 0.1) is 13.8 Å². The van der Waals surface area contributed by atoms with E-state index in [2.05, 4.69) is 47.0 Å². The molecule has 0 saturated carbocycles. The number of thioether (sulfide) groups is 1. The first-order valence-corrected chi connectivity index (χ1v) is 10.0. The van der Waals surface area contributed by atoms with Gasteiger partial charge in [-0.05, 0) is 43.7 Å². The highest BCUT2D eigenvalue weighted by atomic mass is 35.5. The van der Waals surface area contributed by atoms with Gasteiger partial charge in [0.25, 0.3) is 0 Å². The summed E-state index contributed by atoms with van der Waals surface area (Å²) in [4.78, 5) is 17.6. The van der Waals surface area contributed by atoms with E-state index >= 15 is 0 Å². The van der Waals surface area contributed by atoms with Gasteiger partial charge in [0, 0.05) is 22.1 Å². The number of fused-ring (bicyclic) bond motifs is 1. The fourth-order valence-electron chi connectivity index (χ4n) is 2.24. The van der Waals surface area contributed by atoms with Crippen LogP contribution in [0.2, 0.25) is 5.02 Å². The highest BCUT2D eigenvalue weighted by Gasteiger charge is 2.09. The average molecular weight is 392 g/mol. The third-order valence-corrected chi connectivity index (χ3v) is 6.03. The molecular formula is C18H18ClN3OS2. The van der Waals surface area contributed by atoms with Crippen molar-refractivity contribution < 1.29 is 4.79 Å². The molecule has 0 atom stereocenters. The zero-order chi connectivity index (χ0) is 17.8. The van der Waals surface area contributed by atoms with Crippen LogP contribution in [0.3, 0.4) is 0 Å². The van der Waals surface area contributed by atoms with Crippen LogP contribution in [0.4, 0.5) is 5.13 Å². The summed E-state index contributed by atoms with van der Waals surface area (Å²) < 4.78 is 1.04. The smallest absolute Gasteiger partial charge is 0.239 e. The molecule has 7 heteroatoms. The van der Waals surface area contributed by atoms with E-state index in [4.69, 9.17) is 11.6 Å². The molecule has 0 unspecified atom stereocenters. The lowest BCUT2D eigenvalue weighted by atomic mass is 10.2. The number of benzene rings is 2. The van der Waals surface area contributed by atoms with E-state index < -0.39 is 0 Å². The number of nitrogens with one attached hydrogen (secondary N) is 2. The Morgan fingerprint density at radius 2 is 1.96 bits per heavy atom. The third-order valence-electron chi connectivity index (χ3n) is 3.68. The molecule has 3 aromatic rings. The van der Waals surface area contributed by atoms with Gasteiger partial charge in [-0.25, -0.2) is 4.98 Å². The van der Waals surface area contributed by atoms with E-state index in [1.54, 1.807) is 11.8 Å². The Balaban J connectivity index is 1.49. The van der Waals surface area contributed by atoms with Crippen LogP contribution in [0.15, 0.2) is 41.3 Å². The highest BCUT2D eigenvalue weighted by molar-refractivity contribution is 7.99. The van der Waals surface area contributed by atoms with E-state index in [-0.39, 0.29) is 5.91 Å². The minimum Gasteiger partial charge on any atom is -0.273 e. The lowest BCUT2D eigenvalue weighted by molar-refractivity contribution is -0.120. The highest BCUT2D eigenvalue weighted by Crippen LogP contribution is 2.31. The molecule has 2 aromatic carbocycles. The Labute approximate surface area is 160 Å². The molecule has 0 spiro atoms. The second-order valence-electron chi connectivity index (χ2n) is 5.62. The van der Waals surface area contributed by atoms with E-state index in [0.29, 0.717) is 16.6 Å². The third kappa shape index (κ3) is 4.66. The number of aryl methyl sites for hydroxylation is 2. The quantitative estimate of drug-likeness (QED) is 0.448. The number of thiazole rings is 1. The summed E-state index contributed by atoms with van der Waals surface area (Å²) in [6.45, 7) is 4.00. The van der Waals surface area contributed by atoms with Crippen LogP contribution in [-0.2, 0) is 4.79 Å². The molecule has 0 radical (unpaired) electrons. The van der Waals surface area contributed by atoms with Crippen molar-refractivity contribution in [1.29, 1.82) is 0 Å². The minimum atomic E-state index is -0.0615.